The van der Waals surface area contributed by atoms with Crippen molar-refractivity contribution in [2.45, 2.75) is 178 Å². The molecule has 7 aromatic heterocycles. The van der Waals surface area contributed by atoms with E-state index < -0.39 is 0 Å². The van der Waals surface area contributed by atoms with E-state index in [-0.39, 0.29) is 73.5 Å². The van der Waals surface area contributed by atoms with E-state index in [1.54, 1.807) is 46.9 Å². The largest absolute Gasteiger partial charge is 0.497 e. The van der Waals surface area contributed by atoms with Gasteiger partial charge in [-0.15, -0.1) is 22.7 Å². The van der Waals surface area contributed by atoms with Crippen molar-refractivity contribution in [2.24, 2.45) is 0 Å². The number of hydrogen-bond donors (Lipinski definition) is 1. The molecule has 0 unspecified atom stereocenters. The molecule has 26 nitrogen and oxygen atoms in total. The van der Waals surface area contributed by atoms with Crippen LogP contribution in [0.4, 0.5) is 5.13 Å². The number of nitrogens with two attached hydrogens (primary N) is 1. The van der Waals surface area contributed by atoms with E-state index in [1.807, 2.05) is 150 Å². The lowest BCUT2D eigenvalue weighted by molar-refractivity contribution is -0.133. The van der Waals surface area contributed by atoms with Crippen molar-refractivity contribution in [3.63, 3.8) is 0 Å². The highest BCUT2D eigenvalue weighted by Crippen LogP contribution is 2.35. The standard InChI is InChI=1S/C26H31N3O3.C23H29N5O2S.C22H26N4O3.C21H24N4O2S/c1-18(2)25-16-24(20-6-8-22(31-3)9-7-20)27-29(25)17-26(30)28-13-11-19-5-10-23(32-4)15-21(19)12-14-28;1-14(2)19-12-18(16-5-6-20(30-4)15(3)11-16)26-28(19)13-22(29)27-9-7-17-21(8-10-27)31-23(24)25-17;1-14(2)20-11-19(16-5-7-17(28-4)8-6-16)24-26(20)13-22(27)25-10-9-18-21(12-25)29-15(3)23-18;1-13(2)19-9-17(15-5-7-16(27-4)8-6-15)23-25(19)12-21(26)24-10-18-20(11-24)28-14(3)22-18/h5-10,15-16,18H,11-14,17H2,1-4H3;5-6,11-12,14H,7-10,13H2,1-4H3,(H2,24,25);5-8,11,14H,9-10,12-13H2,1-4H3;5-9,13H,10-12H2,1-4H3. The minimum atomic E-state index is 0.0379. The Morgan fingerprint density at radius 3 is 1.25 bits per heavy atom. The number of benzene rings is 5. The van der Waals surface area contributed by atoms with Gasteiger partial charge in [-0.25, -0.2) is 15.0 Å². The number of oxazole rings is 1. The van der Waals surface area contributed by atoms with Gasteiger partial charge in [0, 0.05) is 114 Å². The highest BCUT2D eigenvalue weighted by molar-refractivity contribution is 7.15. The molecular weight excluding hydrogens is 1550 g/mol. The van der Waals surface area contributed by atoms with Gasteiger partial charge in [0.05, 0.1) is 100 Å². The van der Waals surface area contributed by atoms with Crippen molar-refractivity contribution >= 4 is 51.4 Å². The number of anilines is 1. The second kappa shape index (κ2) is 38.4. The van der Waals surface area contributed by atoms with E-state index in [0.29, 0.717) is 56.8 Å². The summed E-state index contributed by atoms with van der Waals surface area (Å²) in [5, 5.41) is 20.7. The number of rotatable bonds is 21. The molecule has 0 spiro atoms. The molecule has 28 heteroatoms. The predicted octanol–water partition coefficient (Wildman–Crippen LogP) is 15.5. The molecule has 16 rings (SSSR count). The second-order valence-corrected chi connectivity index (χ2v) is 34.2. The Morgan fingerprint density at radius 1 is 0.392 bits per heavy atom. The summed E-state index contributed by atoms with van der Waals surface area (Å²) < 4.78 is 39.5. The minimum absolute atomic E-state index is 0.0379. The third-order valence-corrected chi connectivity index (χ3v) is 24.1. The maximum Gasteiger partial charge on any atom is 0.244 e. The zero-order valence-corrected chi connectivity index (χ0v) is 73.3. The molecule has 4 aliphatic rings. The third kappa shape index (κ3) is 20.5. The smallest absolute Gasteiger partial charge is 0.244 e. The lowest BCUT2D eigenvalue weighted by atomic mass is 10.0. The molecule has 12 aromatic rings. The average molecular weight is 1660 g/mol. The number of hydrogen-bond acceptors (Lipinski definition) is 20. The van der Waals surface area contributed by atoms with Gasteiger partial charge >= 0.3 is 0 Å². The summed E-state index contributed by atoms with van der Waals surface area (Å²) in [6.07, 6.45) is 3.99. The fourth-order valence-corrected chi connectivity index (χ4v) is 17.3. The third-order valence-electron chi connectivity index (χ3n) is 22.1. The summed E-state index contributed by atoms with van der Waals surface area (Å²) in [6.45, 7) is 29.0. The van der Waals surface area contributed by atoms with Crippen molar-refractivity contribution in [1.82, 2.24) is 73.7 Å². The van der Waals surface area contributed by atoms with Crippen LogP contribution in [0.3, 0.4) is 0 Å². The normalized spacial score (nSPS) is 13.6. The van der Waals surface area contributed by atoms with E-state index in [2.05, 4.69) is 113 Å². The second-order valence-electron chi connectivity index (χ2n) is 31.8. The van der Waals surface area contributed by atoms with Gasteiger partial charge < -0.3 is 53.4 Å². The van der Waals surface area contributed by atoms with Crippen molar-refractivity contribution in [3.05, 3.63) is 216 Å². The Labute approximate surface area is 710 Å². The van der Waals surface area contributed by atoms with Crippen molar-refractivity contribution in [3.8, 4) is 73.8 Å². The summed E-state index contributed by atoms with van der Waals surface area (Å²) in [6, 6.07) is 44.0. The summed E-state index contributed by atoms with van der Waals surface area (Å²) >= 11 is 3.21. The Morgan fingerprint density at radius 2 is 0.800 bits per heavy atom. The quantitative estimate of drug-likeness (QED) is 0.0700. The number of thiazole rings is 2. The van der Waals surface area contributed by atoms with Crippen LogP contribution in [0.2, 0.25) is 0 Å². The lowest BCUT2D eigenvalue weighted by Crippen LogP contribution is -2.38. The van der Waals surface area contributed by atoms with E-state index in [4.69, 9.17) is 54.2 Å². The van der Waals surface area contributed by atoms with Crippen LogP contribution in [0.5, 0.6) is 28.7 Å². The van der Waals surface area contributed by atoms with Crippen LogP contribution < -0.4 is 29.4 Å². The van der Waals surface area contributed by atoms with Crippen LogP contribution in [-0.4, -0.2) is 166 Å². The number of carbonyl (C=O) groups is 4. The summed E-state index contributed by atoms with van der Waals surface area (Å²) in [4.78, 5) is 75.5. The topological polar surface area (TPSA) is 276 Å². The number of methoxy groups -OCH3 is 5. The predicted molar refractivity (Wildman–Crippen MR) is 467 cm³/mol. The Bertz CT molecular complexity index is 5520. The first-order chi connectivity index (χ1) is 57.7. The number of aromatic nitrogens is 11. The molecule has 0 fully saturated rings. The molecule has 11 heterocycles. The molecule has 0 saturated carbocycles. The van der Waals surface area contributed by atoms with Gasteiger partial charge in [0.25, 0.3) is 0 Å². The number of carbonyl (C=O) groups excluding carboxylic acids is 4. The Balaban J connectivity index is 0.000000138. The molecule has 2 N–H and O–H groups in total. The average Bonchev–Trinajstić information content (AvgIpc) is 1.64. The van der Waals surface area contributed by atoms with Crippen LogP contribution in [0.25, 0.3) is 45.0 Å². The van der Waals surface area contributed by atoms with Crippen molar-refractivity contribution in [1.29, 1.82) is 0 Å². The first-order valence-electron chi connectivity index (χ1n) is 41.0. The zero-order chi connectivity index (χ0) is 85.2. The molecule has 4 amide bonds. The van der Waals surface area contributed by atoms with E-state index >= 15 is 0 Å². The molecule has 4 aliphatic heterocycles. The number of ether oxygens (including phenoxy) is 5. The molecule has 0 radical (unpaired) electrons. The van der Waals surface area contributed by atoms with E-state index in [0.717, 1.165) is 169 Å². The van der Waals surface area contributed by atoms with Crippen LogP contribution in [0.1, 0.15) is 162 Å². The van der Waals surface area contributed by atoms with Crippen LogP contribution in [-0.2, 0) is 97.1 Å². The number of amides is 4. The summed E-state index contributed by atoms with van der Waals surface area (Å²) in [7, 11) is 8.32. The van der Waals surface area contributed by atoms with Crippen molar-refractivity contribution < 1.29 is 47.3 Å². The highest BCUT2D eigenvalue weighted by Gasteiger charge is 2.31. The van der Waals surface area contributed by atoms with Gasteiger partial charge in [-0.2, -0.15) is 20.4 Å². The molecule has 630 valence electrons. The SMILES string of the molecule is COc1ccc(-c2cc(C(C)C)n(CC(=O)N3CCc4ccc(OC)cc4CC3)n2)cc1.COc1ccc(-c2cc(C(C)C)n(CC(=O)N3CCc4nc(C)oc4C3)n2)cc1.COc1ccc(-c2cc(C(C)C)n(CC(=O)N3CCc4nc(N)sc4CC3)n2)cc1C.COc1ccc(-c2cc(C(C)C)n(CC(=O)N3Cc4nc(C)sc4C3)n2)cc1. The van der Waals surface area contributed by atoms with Crippen LogP contribution in [0.15, 0.2) is 138 Å². The fourth-order valence-electron chi connectivity index (χ4n) is 15.5. The minimum Gasteiger partial charge on any atom is -0.497 e. The van der Waals surface area contributed by atoms with Crippen LogP contribution in [0, 0.1) is 20.8 Å². The maximum atomic E-state index is 13.2. The van der Waals surface area contributed by atoms with Gasteiger partial charge in [0.1, 0.15) is 60.7 Å². The molecule has 0 atom stereocenters. The van der Waals surface area contributed by atoms with Crippen molar-refractivity contribution in [2.75, 3.05) is 74.0 Å². The highest BCUT2D eigenvalue weighted by atomic mass is 32.1. The molecular formula is C92H110N16O10S2. The van der Waals surface area contributed by atoms with E-state index in [1.165, 1.54) is 32.2 Å². The van der Waals surface area contributed by atoms with Gasteiger partial charge in [-0.1, -0.05) is 61.5 Å². The Kier molecular flexibility index (Phi) is 27.5. The molecule has 5 aromatic carbocycles. The number of aryl methyl sites for hydroxylation is 3. The molecule has 0 saturated heterocycles. The van der Waals surface area contributed by atoms with Gasteiger partial charge in [-0.05, 0) is 194 Å². The number of fused-ring (bicyclic) bond motifs is 4. The monoisotopic (exact) mass is 1660 g/mol. The summed E-state index contributed by atoms with van der Waals surface area (Å²) in [5.74, 6) is 6.98. The van der Waals surface area contributed by atoms with E-state index in [9.17, 15) is 19.2 Å². The number of nitrogens with zero attached hydrogens (tertiary/aromatic N) is 15. The first kappa shape index (κ1) is 86.0. The lowest BCUT2D eigenvalue weighted by Gasteiger charge is -2.25. The summed E-state index contributed by atoms with van der Waals surface area (Å²) in [5.41, 5.74) is 24.2. The van der Waals surface area contributed by atoms with Gasteiger partial charge in [0.15, 0.2) is 11.0 Å². The number of nitrogen functional groups attached to an aromatic ring is 1. The van der Waals surface area contributed by atoms with Gasteiger partial charge in [0.2, 0.25) is 23.6 Å². The van der Waals surface area contributed by atoms with Gasteiger partial charge in [-0.3, -0.25) is 37.9 Å². The molecule has 0 aliphatic carbocycles. The molecule has 0 bridgehead atoms. The fraction of sp³-hybridized carbons (Fsp3) is 0.402. The maximum absolute atomic E-state index is 13.2. The zero-order valence-electron chi connectivity index (χ0n) is 71.7. The Hall–Kier alpha value is -11.9. The molecule has 120 heavy (non-hydrogen) atoms. The van der Waals surface area contributed by atoms with Crippen LogP contribution >= 0.6 is 22.7 Å². The first-order valence-corrected chi connectivity index (χ1v) is 42.7.